The first-order valence-corrected chi connectivity index (χ1v) is 5.69. The van der Waals surface area contributed by atoms with Gasteiger partial charge in [-0.2, -0.15) is 11.3 Å². The van der Waals surface area contributed by atoms with Crippen molar-refractivity contribution in [3.8, 4) is 0 Å². The number of nitrogens with one attached hydrogen (secondary N) is 1. The van der Waals surface area contributed by atoms with Crippen LogP contribution in [0.4, 0.5) is 0 Å². The molecule has 1 aromatic rings. The topological polar surface area (TPSA) is 12.0 Å². The van der Waals surface area contributed by atoms with E-state index in [-0.39, 0.29) is 0 Å². The summed E-state index contributed by atoms with van der Waals surface area (Å²) in [7, 11) is 0. The van der Waals surface area contributed by atoms with Crippen LogP contribution in [-0.4, -0.2) is 13.1 Å². The summed E-state index contributed by atoms with van der Waals surface area (Å²) < 4.78 is 0. The fourth-order valence-corrected chi connectivity index (χ4v) is 1.89. The predicted molar refractivity (Wildman–Crippen MR) is 61.1 cm³/mol. The molecule has 0 unspecified atom stereocenters. The molecule has 1 heterocycles. The summed E-state index contributed by atoms with van der Waals surface area (Å²) in [5, 5.41) is 7.62. The van der Waals surface area contributed by atoms with Crippen molar-refractivity contribution in [2.45, 2.75) is 20.3 Å². The molecule has 1 N–H and O–H groups in total. The molecule has 0 saturated carbocycles. The zero-order chi connectivity index (χ0) is 9.52. The van der Waals surface area contributed by atoms with Gasteiger partial charge >= 0.3 is 0 Å². The summed E-state index contributed by atoms with van der Waals surface area (Å²) in [5.74, 6) is 0. The Labute approximate surface area is 84.5 Å². The van der Waals surface area contributed by atoms with Crippen LogP contribution >= 0.6 is 11.3 Å². The van der Waals surface area contributed by atoms with Gasteiger partial charge in [-0.15, -0.1) is 0 Å². The lowest BCUT2D eigenvalue weighted by Gasteiger charge is -1.99. The smallest absolute Gasteiger partial charge is 0.00142 e. The molecule has 72 valence electrons. The minimum absolute atomic E-state index is 1.06. The monoisotopic (exact) mass is 195 g/mol. The fourth-order valence-electron chi connectivity index (χ4n) is 1.17. The molecule has 2 heteroatoms. The Morgan fingerprint density at radius 3 is 3.08 bits per heavy atom. The lowest BCUT2D eigenvalue weighted by Crippen LogP contribution is -2.12. The molecule has 0 aromatic carbocycles. The fraction of sp³-hybridized carbons (Fsp3) is 0.455. The average molecular weight is 195 g/mol. The van der Waals surface area contributed by atoms with Crippen molar-refractivity contribution in [1.29, 1.82) is 0 Å². The van der Waals surface area contributed by atoms with Gasteiger partial charge in [0, 0.05) is 0 Å². The van der Waals surface area contributed by atoms with Crippen molar-refractivity contribution >= 4 is 16.9 Å². The zero-order valence-corrected chi connectivity index (χ0v) is 9.16. The van der Waals surface area contributed by atoms with E-state index in [1.807, 2.05) is 0 Å². The highest BCUT2D eigenvalue weighted by molar-refractivity contribution is 7.08. The number of allylic oxidation sites excluding steroid dienone is 1. The van der Waals surface area contributed by atoms with Crippen molar-refractivity contribution in [1.82, 2.24) is 5.32 Å². The third-order valence-corrected chi connectivity index (χ3v) is 2.68. The lowest BCUT2D eigenvalue weighted by molar-refractivity contribution is 0.727. The van der Waals surface area contributed by atoms with Gasteiger partial charge in [-0.05, 0) is 54.4 Å². The van der Waals surface area contributed by atoms with Gasteiger partial charge < -0.3 is 5.32 Å². The van der Waals surface area contributed by atoms with Crippen molar-refractivity contribution < 1.29 is 0 Å². The van der Waals surface area contributed by atoms with Crippen LogP contribution in [0.3, 0.4) is 0 Å². The van der Waals surface area contributed by atoms with E-state index in [9.17, 15) is 0 Å². The van der Waals surface area contributed by atoms with Crippen LogP contribution in [0, 0.1) is 0 Å². The van der Waals surface area contributed by atoms with E-state index in [1.165, 1.54) is 11.1 Å². The highest BCUT2D eigenvalue weighted by Crippen LogP contribution is 2.16. The highest BCUT2D eigenvalue weighted by Gasteiger charge is 1.93. The van der Waals surface area contributed by atoms with E-state index in [1.54, 1.807) is 11.3 Å². The molecule has 0 aliphatic rings. The number of hydrogen-bond donors (Lipinski definition) is 1. The maximum Gasteiger partial charge on any atom is -0.00142 e. The summed E-state index contributed by atoms with van der Waals surface area (Å²) >= 11 is 1.76. The molecule has 0 spiro atoms. The molecule has 0 aliphatic heterocycles. The van der Waals surface area contributed by atoms with Gasteiger partial charge in [0.1, 0.15) is 0 Å². The molecule has 0 saturated heterocycles. The first kappa shape index (κ1) is 10.5. The summed E-state index contributed by atoms with van der Waals surface area (Å²) in [6.45, 7) is 6.45. The van der Waals surface area contributed by atoms with Gasteiger partial charge in [0.25, 0.3) is 0 Å². The average Bonchev–Trinajstić information content (AvgIpc) is 2.65. The van der Waals surface area contributed by atoms with Crippen molar-refractivity contribution in [3.63, 3.8) is 0 Å². The van der Waals surface area contributed by atoms with E-state index >= 15 is 0 Å². The van der Waals surface area contributed by atoms with Gasteiger partial charge in [-0.25, -0.2) is 0 Å². The second-order valence-electron chi connectivity index (χ2n) is 3.04. The second kappa shape index (κ2) is 5.95. The van der Waals surface area contributed by atoms with Crippen LogP contribution in [-0.2, 0) is 0 Å². The molecule has 1 nitrogen and oxygen atoms in total. The van der Waals surface area contributed by atoms with Crippen LogP contribution in [0.15, 0.2) is 22.9 Å². The van der Waals surface area contributed by atoms with Crippen LogP contribution in [0.5, 0.6) is 0 Å². The van der Waals surface area contributed by atoms with Crippen LogP contribution in [0.2, 0.25) is 0 Å². The predicted octanol–water partition coefficient (Wildman–Crippen LogP) is 3.15. The molecule has 0 aliphatic carbocycles. The van der Waals surface area contributed by atoms with Gasteiger partial charge in [-0.1, -0.05) is 13.0 Å². The quantitative estimate of drug-likeness (QED) is 0.712. The van der Waals surface area contributed by atoms with E-state index in [4.69, 9.17) is 0 Å². The Kier molecular flexibility index (Phi) is 4.79. The van der Waals surface area contributed by atoms with E-state index in [0.29, 0.717) is 0 Å². The molecule has 13 heavy (non-hydrogen) atoms. The maximum absolute atomic E-state index is 3.31. The highest BCUT2D eigenvalue weighted by atomic mass is 32.1. The first-order chi connectivity index (χ1) is 6.34. The number of thiophene rings is 1. The van der Waals surface area contributed by atoms with Gasteiger partial charge in [0.05, 0.1) is 0 Å². The zero-order valence-electron chi connectivity index (χ0n) is 8.34. The van der Waals surface area contributed by atoms with Crippen molar-refractivity contribution in [2.24, 2.45) is 0 Å². The Morgan fingerprint density at radius 2 is 2.46 bits per heavy atom. The summed E-state index contributed by atoms with van der Waals surface area (Å²) in [6, 6.07) is 2.17. The van der Waals surface area contributed by atoms with Gasteiger partial charge in [-0.3, -0.25) is 0 Å². The Bertz CT molecular complexity index is 249. The van der Waals surface area contributed by atoms with E-state index in [0.717, 1.165) is 19.5 Å². The third kappa shape index (κ3) is 3.75. The van der Waals surface area contributed by atoms with Crippen molar-refractivity contribution in [3.05, 3.63) is 28.5 Å². The van der Waals surface area contributed by atoms with E-state index < -0.39 is 0 Å². The van der Waals surface area contributed by atoms with Gasteiger partial charge in [0.2, 0.25) is 0 Å². The second-order valence-corrected chi connectivity index (χ2v) is 3.82. The minimum atomic E-state index is 1.06. The molecule has 0 bridgehead atoms. The third-order valence-electron chi connectivity index (χ3n) is 2.00. The summed E-state index contributed by atoms with van der Waals surface area (Å²) in [6.07, 6.45) is 3.42. The molecule has 1 aromatic heterocycles. The normalized spacial score (nSPS) is 12.0. The molecule has 0 amide bonds. The lowest BCUT2D eigenvalue weighted by atomic mass is 10.1. The molecule has 1 rings (SSSR count). The molecular weight excluding hydrogens is 178 g/mol. The summed E-state index contributed by atoms with van der Waals surface area (Å²) in [4.78, 5) is 0. The van der Waals surface area contributed by atoms with Crippen LogP contribution < -0.4 is 5.32 Å². The maximum atomic E-state index is 3.31. The number of hydrogen-bond acceptors (Lipinski definition) is 2. The molecule has 0 radical (unpaired) electrons. The Morgan fingerprint density at radius 1 is 1.62 bits per heavy atom. The SMILES string of the molecule is CCNCCC=C(C)c1ccsc1. The first-order valence-electron chi connectivity index (χ1n) is 4.74. The standard InChI is InChI=1S/C11H17NS/c1-3-12-7-4-5-10(2)11-6-8-13-9-11/h5-6,8-9,12H,3-4,7H2,1-2H3. The minimum Gasteiger partial charge on any atom is -0.317 e. The largest absolute Gasteiger partial charge is 0.317 e. The number of rotatable bonds is 5. The molecular formula is C11H17NS. The molecule has 0 atom stereocenters. The van der Waals surface area contributed by atoms with Gasteiger partial charge in [0.15, 0.2) is 0 Å². The Hall–Kier alpha value is -0.600. The summed E-state index contributed by atoms with van der Waals surface area (Å²) in [5.41, 5.74) is 2.75. The van der Waals surface area contributed by atoms with Crippen LogP contribution in [0.25, 0.3) is 5.57 Å². The van der Waals surface area contributed by atoms with E-state index in [2.05, 4.69) is 42.1 Å². The van der Waals surface area contributed by atoms with Crippen LogP contribution in [0.1, 0.15) is 25.8 Å². The Balaban J connectivity index is 2.35. The van der Waals surface area contributed by atoms with Crippen molar-refractivity contribution in [2.75, 3.05) is 13.1 Å². The molecule has 0 fully saturated rings.